The van der Waals surface area contributed by atoms with E-state index < -0.39 is 14.9 Å². The Morgan fingerprint density at radius 1 is 1.15 bits per heavy atom. The van der Waals surface area contributed by atoms with Crippen molar-refractivity contribution in [2.75, 3.05) is 44.3 Å². The van der Waals surface area contributed by atoms with Crippen molar-refractivity contribution in [2.45, 2.75) is 31.0 Å². The Bertz CT molecular complexity index is 768. The summed E-state index contributed by atoms with van der Waals surface area (Å²) >= 11 is 0. The third-order valence-corrected chi connectivity index (χ3v) is 6.43. The van der Waals surface area contributed by atoms with Gasteiger partial charge in [-0.15, -0.1) is 0 Å². The van der Waals surface area contributed by atoms with Crippen LogP contribution in [-0.2, 0) is 19.5 Å². The molecule has 2 heterocycles. The van der Waals surface area contributed by atoms with E-state index in [9.17, 15) is 18.5 Å². The SMILES string of the molecule is CC1CN(c2ccc([N+](=O)[O-])cc2S(=O)(=O)N2CCOCC2)CC(C)O1. The van der Waals surface area contributed by atoms with Gasteiger partial charge in [0, 0.05) is 38.3 Å². The largest absolute Gasteiger partial charge is 0.379 e. The predicted octanol–water partition coefficient (Wildman–Crippen LogP) is 1.23. The third kappa shape index (κ3) is 3.83. The highest BCUT2D eigenvalue weighted by Gasteiger charge is 2.33. The summed E-state index contributed by atoms with van der Waals surface area (Å²) in [6.45, 7) is 5.99. The molecule has 0 aliphatic carbocycles. The summed E-state index contributed by atoms with van der Waals surface area (Å²) in [5, 5.41) is 11.2. The Morgan fingerprint density at radius 2 is 1.77 bits per heavy atom. The maximum absolute atomic E-state index is 13.2. The van der Waals surface area contributed by atoms with Crippen molar-refractivity contribution in [2.24, 2.45) is 0 Å². The second-order valence-electron chi connectivity index (χ2n) is 6.59. The number of anilines is 1. The molecule has 10 heteroatoms. The van der Waals surface area contributed by atoms with Gasteiger partial charge in [-0.2, -0.15) is 4.31 Å². The maximum atomic E-state index is 13.2. The lowest BCUT2D eigenvalue weighted by Gasteiger charge is -2.38. The van der Waals surface area contributed by atoms with Gasteiger partial charge in [0.15, 0.2) is 0 Å². The smallest absolute Gasteiger partial charge is 0.270 e. The summed E-state index contributed by atoms with van der Waals surface area (Å²) in [7, 11) is -3.87. The average molecular weight is 385 g/mol. The molecular weight excluding hydrogens is 362 g/mol. The highest BCUT2D eigenvalue weighted by molar-refractivity contribution is 7.89. The van der Waals surface area contributed by atoms with Crippen LogP contribution in [-0.4, -0.2) is 69.2 Å². The normalized spacial score (nSPS) is 25.2. The summed E-state index contributed by atoms with van der Waals surface area (Å²) in [4.78, 5) is 12.5. The molecule has 0 radical (unpaired) electrons. The lowest BCUT2D eigenvalue weighted by molar-refractivity contribution is -0.385. The highest BCUT2D eigenvalue weighted by Crippen LogP contribution is 2.33. The molecule has 2 atom stereocenters. The van der Waals surface area contributed by atoms with Crippen LogP contribution in [0.25, 0.3) is 0 Å². The van der Waals surface area contributed by atoms with Crippen LogP contribution in [0.4, 0.5) is 11.4 Å². The minimum absolute atomic E-state index is 0.0325. The van der Waals surface area contributed by atoms with Crippen molar-refractivity contribution in [3.8, 4) is 0 Å². The Hall–Kier alpha value is -1.75. The van der Waals surface area contributed by atoms with Crippen LogP contribution in [0.5, 0.6) is 0 Å². The summed E-state index contributed by atoms with van der Waals surface area (Å²) in [5.41, 5.74) is 0.235. The molecule has 0 bridgehead atoms. The number of non-ortho nitro benzene ring substituents is 1. The highest BCUT2D eigenvalue weighted by atomic mass is 32.2. The van der Waals surface area contributed by atoms with E-state index in [1.165, 1.54) is 16.4 Å². The van der Waals surface area contributed by atoms with E-state index in [0.717, 1.165) is 6.07 Å². The Kier molecular flexibility index (Phi) is 5.47. The van der Waals surface area contributed by atoms with Gasteiger partial charge in [0.1, 0.15) is 4.90 Å². The summed E-state index contributed by atoms with van der Waals surface area (Å²) in [5.74, 6) is 0. The predicted molar refractivity (Wildman–Crippen MR) is 94.9 cm³/mol. The number of ether oxygens (including phenoxy) is 2. The van der Waals surface area contributed by atoms with Gasteiger partial charge >= 0.3 is 0 Å². The molecule has 0 spiro atoms. The molecule has 1 aromatic carbocycles. The van der Waals surface area contributed by atoms with Gasteiger partial charge < -0.3 is 14.4 Å². The topological polar surface area (TPSA) is 102 Å². The van der Waals surface area contributed by atoms with Gasteiger partial charge in [0.05, 0.1) is 36.0 Å². The molecule has 0 saturated carbocycles. The first kappa shape index (κ1) is 19.0. The number of morpholine rings is 2. The molecule has 2 unspecified atom stereocenters. The van der Waals surface area contributed by atoms with Crippen molar-refractivity contribution in [3.63, 3.8) is 0 Å². The third-order valence-electron chi connectivity index (χ3n) is 4.50. The molecular formula is C16H23N3O6S. The number of nitro groups is 1. The number of nitrogens with zero attached hydrogens (tertiary/aromatic N) is 3. The van der Waals surface area contributed by atoms with E-state index >= 15 is 0 Å². The molecule has 0 amide bonds. The number of sulfonamides is 1. The lowest BCUT2D eigenvalue weighted by atomic mass is 10.2. The fraction of sp³-hybridized carbons (Fsp3) is 0.625. The Morgan fingerprint density at radius 3 is 2.35 bits per heavy atom. The van der Waals surface area contributed by atoms with E-state index in [2.05, 4.69) is 0 Å². The molecule has 1 aromatic rings. The first-order chi connectivity index (χ1) is 12.3. The van der Waals surface area contributed by atoms with E-state index in [0.29, 0.717) is 32.0 Å². The summed E-state index contributed by atoms with van der Waals surface area (Å²) in [6, 6.07) is 4.03. The van der Waals surface area contributed by atoms with Crippen LogP contribution in [0.1, 0.15) is 13.8 Å². The Balaban J connectivity index is 2.05. The van der Waals surface area contributed by atoms with Gasteiger partial charge in [-0.05, 0) is 19.9 Å². The number of hydrogen-bond donors (Lipinski definition) is 0. The first-order valence-corrected chi connectivity index (χ1v) is 10.00. The summed E-state index contributed by atoms with van der Waals surface area (Å²) in [6.07, 6.45) is -0.124. The van der Waals surface area contributed by atoms with Crippen molar-refractivity contribution in [1.29, 1.82) is 0 Å². The van der Waals surface area contributed by atoms with Crippen LogP contribution in [0.15, 0.2) is 23.1 Å². The number of nitro benzene ring substituents is 1. The van der Waals surface area contributed by atoms with Crippen molar-refractivity contribution < 1.29 is 22.8 Å². The molecule has 0 aromatic heterocycles. The molecule has 2 saturated heterocycles. The van der Waals surface area contributed by atoms with Gasteiger partial charge in [-0.1, -0.05) is 0 Å². The molecule has 2 aliphatic heterocycles. The molecule has 9 nitrogen and oxygen atoms in total. The molecule has 144 valence electrons. The van der Waals surface area contributed by atoms with Crippen molar-refractivity contribution in [1.82, 2.24) is 4.31 Å². The molecule has 26 heavy (non-hydrogen) atoms. The molecule has 2 fully saturated rings. The van der Waals surface area contributed by atoms with E-state index in [4.69, 9.17) is 9.47 Å². The number of hydrogen-bond acceptors (Lipinski definition) is 7. The zero-order valence-electron chi connectivity index (χ0n) is 14.8. The van der Waals surface area contributed by atoms with Crippen LogP contribution in [0, 0.1) is 10.1 Å². The lowest BCUT2D eigenvalue weighted by Crippen LogP contribution is -2.46. The minimum atomic E-state index is -3.87. The van der Waals surface area contributed by atoms with E-state index in [1.807, 2.05) is 18.7 Å². The number of benzene rings is 1. The van der Waals surface area contributed by atoms with Gasteiger partial charge in [-0.3, -0.25) is 10.1 Å². The fourth-order valence-corrected chi connectivity index (χ4v) is 5.02. The van der Waals surface area contributed by atoms with Crippen LogP contribution in [0.2, 0.25) is 0 Å². The second kappa shape index (κ2) is 7.47. The Labute approximate surface area is 152 Å². The standard InChI is InChI=1S/C16H23N3O6S/c1-12-10-17(11-13(2)25-12)15-4-3-14(19(20)21)9-16(15)26(22,23)18-5-7-24-8-6-18/h3-4,9,12-13H,5-8,10-11H2,1-2H3. The average Bonchev–Trinajstić information content (AvgIpc) is 2.61. The zero-order chi connectivity index (χ0) is 18.9. The van der Waals surface area contributed by atoms with Crippen LogP contribution in [0.3, 0.4) is 0 Å². The molecule has 3 rings (SSSR count). The second-order valence-corrected chi connectivity index (χ2v) is 8.49. The van der Waals surface area contributed by atoms with E-state index in [-0.39, 0.29) is 35.9 Å². The van der Waals surface area contributed by atoms with Gasteiger partial charge in [0.25, 0.3) is 5.69 Å². The fourth-order valence-electron chi connectivity index (χ4n) is 3.38. The zero-order valence-corrected chi connectivity index (χ0v) is 15.6. The van der Waals surface area contributed by atoms with Gasteiger partial charge in [-0.25, -0.2) is 8.42 Å². The first-order valence-electron chi connectivity index (χ1n) is 8.56. The molecule has 2 aliphatic rings. The minimum Gasteiger partial charge on any atom is -0.379 e. The van der Waals surface area contributed by atoms with E-state index in [1.54, 1.807) is 0 Å². The van der Waals surface area contributed by atoms with Crippen molar-refractivity contribution in [3.05, 3.63) is 28.3 Å². The van der Waals surface area contributed by atoms with Crippen molar-refractivity contribution >= 4 is 21.4 Å². The summed E-state index contributed by atoms with van der Waals surface area (Å²) < 4.78 is 38.6. The maximum Gasteiger partial charge on any atom is 0.270 e. The van der Waals surface area contributed by atoms with Crippen LogP contribution < -0.4 is 4.90 Å². The number of rotatable bonds is 4. The quantitative estimate of drug-likeness (QED) is 0.567. The molecule has 0 N–H and O–H groups in total. The van der Waals surface area contributed by atoms with Crippen LogP contribution >= 0.6 is 0 Å². The monoisotopic (exact) mass is 385 g/mol. The van der Waals surface area contributed by atoms with Gasteiger partial charge in [0.2, 0.25) is 10.0 Å².